The highest BCUT2D eigenvalue weighted by molar-refractivity contribution is 5.91. The van der Waals surface area contributed by atoms with Gasteiger partial charge in [0, 0.05) is 18.8 Å². The Morgan fingerprint density at radius 2 is 2.21 bits per heavy atom. The first-order chi connectivity index (χ1) is 9.31. The smallest absolute Gasteiger partial charge is 0.338 e. The predicted octanol–water partition coefficient (Wildman–Crippen LogP) is 2.63. The summed E-state index contributed by atoms with van der Waals surface area (Å²) in [6.07, 6.45) is 3.18. The van der Waals surface area contributed by atoms with Gasteiger partial charge < -0.3 is 14.8 Å². The molecule has 0 radical (unpaired) electrons. The van der Waals surface area contributed by atoms with E-state index in [4.69, 9.17) is 9.47 Å². The average molecular weight is 263 g/mol. The SMILES string of the molecule is CCCCOCCOC(=O)c1ccc2c(c1)NCC2. The summed E-state index contributed by atoms with van der Waals surface area (Å²) < 4.78 is 10.5. The van der Waals surface area contributed by atoms with Crippen LogP contribution in [0.15, 0.2) is 18.2 Å². The minimum absolute atomic E-state index is 0.282. The van der Waals surface area contributed by atoms with Gasteiger partial charge >= 0.3 is 5.97 Å². The van der Waals surface area contributed by atoms with E-state index < -0.39 is 0 Å². The van der Waals surface area contributed by atoms with Crippen molar-refractivity contribution in [2.24, 2.45) is 0 Å². The second-order valence-electron chi connectivity index (χ2n) is 4.65. The molecule has 0 saturated heterocycles. The van der Waals surface area contributed by atoms with Crippen molar-refractivity contribution in [3.8, 4) is 0 Å². The molecule has 1 aromatic carbocycles. The Labute approximate surface area is 114 Å². The van der Waals surface area contributed by atoms with Crippen LogP contribution in [0.25, 0.3) is 0 Å². The zero-order valence-electron chi connectivity index (χ0n) is 11.4. The lowest BCUT2D eigenvalue weighted by Gasteiger charge is -2.07. The maximum atomic E-state index is 11.8. The minimum atomic E-state index is -0.282. The van der Waals surface area contributed by atoms with Crippen LogP contribution in [0.1, 0.15) is 35.7 Å². The van der Waals surface area contributed by atoms with E-state index in [-0.39, 0.29) is 5.97 Å². The van der Waals surface area contributed by atoms with Gasteiger partial charge in [-0.3, -0.25) is 0 Å². The molecular weight excluding hydrogens is 242 g/mol. The molecule has 0 aliphatic carbocycles. The van der Waals surface area contributed by atoms with Crippen molar-refractivity contribution in [3.63, 3.8) is 0 Å². The fourth-order valence-corrected chi connectivity index (χ4v) is 2.04. The molecule has 0 amide bonds. The molecule has 0 unspecified atom stereocenters. The van der Waals surface area contributed by atoms with Gasteiger partial charge in [-0.15, -0.1) is 0 Å². The highest BCUT2D eigenvalue weighted by atomic mass is 16.6. The summed E-state index contributed by atoms with van der Waals surface area (Å²) >= 11 is 0. The molecule has 4 heteroatoms. The van der Waals surface area contributed by atoms with E-state index in [1.54, 1.807) is 0 Å². The van der Waals surface area contributed by atoms with Crippen molar-refractivity contribution in [3.05, 3.63) is 29.3 Å². The van der Waals surface area contributed by atoms with Crippen LogP contribution in [0, 0.1) is 0 Å². The molecule has 104 valence electrons. The molecular formula is C15H21NO3. The van der Waals surface area contributed by atoms with Crippen LogP contribution < -0.4 is 5.32 Å². The Balaban J connectivity index is 1.74. The minimum Gasteiger partial charge on any atom is -0.460 e. The summed E-state index contributed by atoms with van der Waals surface area (Å²) in [4.78, 5) is 11.8. The number of rotatable bonds is 7. The van der Waals surface area contributed by atoms with Gasteiger partial charge in [0.1, 0.15) is 6.61 Å². The molecule has 19 heavy (non-hydrogen) atoms. The zero-order valence-corrected chi connectivity index (χ0v) is 11.4. The Bertz CT molecular complexity index is 431. The van der Waals surface area contributed by atoms with Gasteiger partial charge in [-0.1, -0.05) is 19.4 Å². The molecule has 0 spiro atoms. The van der Waals surface area contributed by atoms with E-state index in [9.17, 15) is 4.79 Å². The number of nitrogens with one attached hydrogen (secondary N) is 1. The van der Waals surface area contributed by atoms with Gasteiger partial charge in [0.15, 0.2) is 0 Å². The number of hydrogen-bond donors (Lipinski definition) is 1. The lowest BCUT2D eigenvalue weighted by Crippen LogP contribution is -2.11. The number of fused-ring (bicyclic) bond motifs is 1. The number of hydrogen-bond acceptors (Lipinski definition) is 4. The third kappa shape index (κ3) is 3.96. The van der Waals surface area contributed by atoms with Crippen LogP contribution in [0.2, 0.25) is 0 Å². The lowest BCUT2D eigenvalue weighted by molar-refractivity contribution is 0.0314. The van der Waals surface area contributed by atoms with Crippen LogP contribution >= 0.6 is 0 Å². The maximum Gasteiger partial charge on any atom is 0.338 e. The molecule has 2 rings (SSSR count). The van der Waals surface area contributed by atoms with Crippen LogP contribution in [-0.2, 0) is 15.9 Å². The topological polar surface area (TPSA) is 47.6 Å². The number of ether oxygens (including phenoxy) is 2. The molecule has 0 fully saturated rings. The highest BCUT2D eigenvalue weighted by Gasteiger charge is 2.14. The molecule has 0 aromatic heterocycles. The number of carbonyl (C=O) groups is 1. The Morgan fingerprint density at radius 1 is 1.32 bits per heavy atom. The molecule has 1 N–H and O–H groups in total. The Kier molecular flexibility index (Phi) is 5.21. The van der Waals surface area contributed by atoms with Gasteiger partial charge in [0.25, 0.3) is 0 Å². The van der Waals surface area contributed by atoms with Crippen molar-refractivity contribution in [1.29, 1.82) is 0 Å². The van der Waals surface area contributed by atoms with Gasteiger partial charge in [0.05, 0.1) is 12.2 Å². The number of anilines is 1. The second-order valence-corrected chi connectivity index (χ2v) is 4.65. The molecule has 1 aromatic rings. The largest absolute Gasteiger partial charge is 0.460 e. The quantitative estimate of drug-likeness (QED) is 0.607. The Hall–Kier alpha value is -1.55. The van der Waals surface area contributed by atoms with Crippen LogP contribution in [-0.4, -0.2) is 32.3 Å². The first-order valence-corrected chi connectivity index (χ1v) is 6.93. The van der Waals surface area contributed by atoms with E-state index in [0.717, 1.165) is 38.1 Å². The molecule has 4 nitrogen and oxygen atoms in total. The van der Waals surface area contributed by atoms with Crippen LogP contribution in [0.5, 0.6) is 0 Å². The molecule has 0 saturated carbocycles. The number of esters is 1. The van der Waals surface area contributed by atoms with Crippen molar-refractivity contribution in [2.45, 2.75) is 26.2 Å². The number of benzene rings is 1. The standard InChI is InChI=1S/C15H21NO3/c1-2-3-8-18-9-10-19-15(17)13-5-4-12-6-7-16-14(12)11-13/h4-5,11,16H,2-3,6-10H2,1H3. The monoisotopic (exact) mass is 263 g/mol. The molecule has 0 bridgehead atoms. The van der Waals surface area contributed by atoms with Crippen molar-refractivity contribution >= 4 is 11.7 Å². The Morgan fingerprint density at radius 3 is 3.05 bits per heavy atom. The van der Waals surface area contributed by atoms with E-state index >= 15 is 0 Å². The summed E-state index contributed by atoms with van der Waals surface area (Å²) in [5, 5.41) is 3.25. The summed E-state index contributed by atoms with van der Waals surface area (Å²) in [7, 11) is 0. The lowest BCUT2D eigenvalue weighted by atomic mass is 10.1. The predicted molar refractivity (Wildman–Crippen MR) is 74.6 cm³/mol. The van der Waals surface area contributed by atoms with E-state index in [2.05, 4.69) is 12.2 Å². The summed E-state index contributed by atoms with van der Waals surface area (Å²) in [6.45, 7) is 4.57. The fraction of sp³-hybridized carbons (Fsp3) is 0.533. The number of unbranched alkanes of at least 4 members (excludes halogenated alkanes) is 1. The van der Waals surface area contributed by atoms with Crippen LogP contribution in [0.4, 0.5) is 5.69 Å². The fourth-order valence-electron chi connectivity index (χ4n) is 2.04. The van der Waals surface area contributed by atoms with Crippen molar-refractivity contribution in [1.82, 2.24) is 0 Å². The maximum absolute atomic E-state index is 11.8. The number of carbonyl (C=O) groups excluding carboxylic acids is 1. The molecule has 1 aliphatic heterocycles. The summed E-state index contributed by atoms with van der Waals surface area (Å²) in [5.74, 6) is -0.282. The molecule has 1 heterocycles. The third-order valence-corrected chi connectivity index (χ3v) is 3.16. The molecule has 0 atom stereocenters. The zero-order chi connectivity index (χ0) is 13.5. The average Bonchev–Trinajstić information content (AvgIpc) is 2.89. The van der Waals surface area contributed by atoms with Crippen LogP contribution in [0.3, 0.4) is 0 Å². The molecule has 1 aliphatic rings. The third-order valence-electron chi connectivity index (χ3n) is 3.16. The van der Waals surface area contributed by atoms with E-state index in [0.29, 0.717) is 18.8 Å². The van der Waals surface area contributed by atoms with E-state index in [1.807, 2.05) is 18.2 Å². The van der Waals surface area contributed by atoms with Gasteiger partial charge in [-0.05, 0) is 30.5 Å². The summed E-state index contributed by atoms with van der Waals surface area (Å²) in [6, 6.07) is 5.68. The normalized spacial score (nSPS) is 12.9. The first kappa shape index (κ1) is 13.9. The van der Waals surface area contributed by atoms with Crippen molar-refractivity contribution < 1.29 is 14.3 Å². The van der Waals surface area contributed by atoms with E-state index in [1.165, 1.54) is 5.56 Å². The highest BCUT2D eigenvalue weighted by Crippen LogP contribution is 2.23. The van der Waals surface area contributed by atoms with Gasteiger partial charge in [-0.2, -0.15) is 0 Å². The van der Waals surface area contributed by atoms with Gasteiger partial charge in [0.2, 0.25) is 0 Å². The summed E-state index contributed by atoms with van der Waals surface area (Å²) in [5.41, 5.74) is 2.91. The first-order valence-electron chi connectivity index (χ1n) is 6.93. The second kappa shape index (κ2) is 7.14. The van der Waals surface area contributed by atoms with Gasteiger partial charge in [-0.25, -0.2) is 4.79 Å². The van der Waals surface area contributed by atoms with Crippen molar-refractivity contribution in [2.75, 3.05) is 31.7 Å².